The molecule has 0 aliphatic rings. The number of fused-ring (bicyclic) bond motifs is 1. The maximum absolute atomic E-state index is 13.0. The number of phenols is 1. The predicted octanol–water partition coefficient (Wildman–Crippen LogP) is 3.06. The molecule has 0 atom stereocenters. The molecule has 0 saturated carbocycles. The standard InChI is InChI=1S/C18H17NO5S2/c1-12-7-9-13(10-8-12)26(23,24)17-11-16(19-25(2,21)22)14-5-3-4-6-15(14)18(17)20/h3-11,19-20H,1-2H3. The zero-order valence-corrected chi connectivity index (χ0v) is 15.7. The van der Waals surface area contributed by atoms with E-state index >= 15 is 0 Å². The van der Waals surface area contributed by atoms with E-state index in [4.69, 9.17) is 0 Å². The van der Waals surface area contributed by atoms with Gasteiger partial charge in [0.2, 0.25) is 19.9 Å². The lowest BCUT2D eigenvalue weighted by atomic mass is 10.1. The second kappa shape index (κ2) is 6.30. The molecule has 3 aromatic rings. The third-order valence-corrected chi connectivity index (χ3v) is 6.27. The molecule has 6 nitrogen and oxygen atoms in total. The van der Waals surface area contributed by atoms with Crippen molar-refractivity contribution in [1.82, 2.24) is 0 Å². The van der Waals surface area contributed by atoms with Crippen molar-refractivity contribution in [3.63, 3.8) is 0 Å². The lowest BCUT2D eigenvalue weighted by molar-refractivity contribution is 0.465. The highest BCUT2D eigenvalue weighted by Gasteiger charge is 2.25. The van der Waals surface area contributed by atoms with Gasteiger partial charge in [0, 0.05) is 10.8 Å². The highest BCUT2D eigenvalue weighted by Crippen LogP contribution is 2.39. The summed E-state index contributed by atoms with van der Waals surface area (Å²) in [6.07, 6.45) is 0.975. The van der Waals surface area contributed by atoms with E-state index < -0.39 is 25.6 Å². The maximum atomic E-state index is 13.0. The summed E-state index contributed by atoms with van der Waals surface area (Å²) < 4.78 is 51.7. The van der Waals surface area contributed by atoms with E-state index in [0.29, 0.717) is 5.39 Å². The first kappa shape index (κ1) is 18.2. The van der Waals surface area contributed by atoms with Crippen LogP contribution in [0.3, 0.4) is 0 Å². The minimum Gasteiger partial charge on any atom is -0.506 e. The molecule has 3 aromatic carbocycles. The Morgan fingerprint density at radius 3 is 2.04 bits per heavy atom. The summed E-state index contributed by atoms with van der Waals surface area (Å²) in [5.74, 6) is -0.416. The lowest BCUT2D eigenvalue weighted by Gasteiger charge is -2.14. The van der Waals surface area contributed by atoms with Crippen molar-refractivity contribution in [2.45, 2.75) is 16.7 Å². The molecule has 0 amide bonds. The number of hydrogen-bond donors (Lipinski definition) is 2. The molecule has 0 spiro atoms. The van der Waals surface area contributed by atoms with E-state index in [1.807, 2.05) is 6.92 Å². The molecule has 0 aromatic heterocycles. The van der Waals surface area contributed by atoms with Crippen LogP contribution in [0.5, 0.6) is 5.75 Å². The molecule has 0 unspecified atom stereocenters. The third-order valence-electron chi connectivity index (χ3n) is 3.90. The number of sulfonamides is 1. The molecule has 0 radical (unpaired) electrons. The number of nitrogens with one attached hydrogen (secondary N) is 1. The van der Waals surface area contributed by atoms with Gasteiger partial charge in [0.15, 0.2) is 0 Å². The molecule has 0 fully saturated rings. The second-order valence-corrected chi connectivity index (χ2v) is 9.67. The van der Waals surface area contributed by atoms with Gasteiger partial charge in [0.25, 0.3) is 0 Å². The van der Waals surface area contributed by atoms with Crippen LogP contribution < -0.4 is 4.72 Å². The average molecular weight is 391 g/mol. The van der Waals surface area contributed by atoms with Gasteiger partial charge >= 0.3 is 0 Å². The minimum atomic E-state index is -4.04. The van der Waals surface area contributed by atoms with Crippen molar-refractivity contribution in [3.05, 3.63) is 60.2 Å². The Kier molecular flexibility index (Phi) is 4.41. The van der Waals surface area contributed by atoms with Gasteiger partial charge in [0.05, 0.1) is 16.8 Å². The number of aryl methyl sites for hydroxylation is 1. The first-order chi connectivity index (χ1) is 12.1. The zero-order valence-electron chi connectivity index (χ0n) is 14.1. The van der Waals surface area contributed by atoms with Crippen molar-refractivity contribution in [1.29, 1.82) is 0 Å². The number of aromatic hydroxyl groups is 1. The number of sulfone groups is 1. The smallest absolute Gasteiger partial charge is 0.229 e. The molecule has 26 heavy (non-hydrogen) atoms. The van der Waals surface area contributed by atoms with Crippen LogP contribution in [0.4, 0.5) is 5.69 Å². The summed E-state index contributed by atoms with van der Waals surface area (Å²) >= 11 is 0. The molecule has 0 heterocycles. The summed E-state index contributed by atoms with van der Waals surface area (Å²) in [4.78, 5) is -0.342. The van der Waals surface area contributed by atoms with Crippen LogP contribution in [0.1, 0.15) is 5.56 Å². The van der Waals surface area contributed by atoms with E-state index in [9.17, 15) is 21.9 Å². The average Bonchev–Trinajstić information content (AvgIpc) is 2.56. The second-order valence-electron chi connectivity index (χ2n) is 6.01. The first-order valence-electron chi connectivity index (χ1n) is 7.64. The topological polar surface area (TPSA) is 101 Å². The molecule has 8 heteroatoms. The van der Waals surface area contributed by atoms with Crippen molar-refractivity contribution in [3.8, 4) is 5.75 Å². The summed E-state index contributed by atoms with van der Waals surface area (Å²) in [6, 6.07) is 13.8. The van der Waals surface area contributed by atoms with E-state index in [0.717, 1.165) is 17.9 Å². The molecular formula is C18H17NO5S2. The first-order valence-corrected chi connectivity index (χ1v) is 11.0. The van der Waals surface area contributed by atoms with Crippen LogP contribution in [0.25, 0.3) is 10.8 Å². The van der Waals surface area contributed by atoms with Crippen LogP contribution in [-0.2, 0) is 19.9 Å². The van der Waals surface area contributed by atoms with Gasteiger partial charge in [-0.3, -0.25) is 4.72 Å². The Bertz CT molecular complexity index is 1200. The van der Waals surface area contributed by atoms with Crippen LogP contribution in [0.15, 0.2) is 64.4 Å². The van der Waals surface area contributed by atoms with Gasteiger partial charge in [0.1, 0.15) is 10.6 Å². The Balaban J connectivity index is 2.32. The molecule has 0 bridgehead atoms. The summed E-state index contributed by atoms with van der Waals surface area (Å²) in [5.41, 5.74) is 0.984. The number of hydrogen-bond acceptors (Lipinski definition) is 5. The molecule has 136 valence electrons. The lowest BCUT2D eigenvalue weighted by Crippen LogP contribution is -2.11. The molecule has 3 rings (SSSR count). The van der Waals surface area contributed by atoms with Gasteiger partial charge in [-0.25, -0.2) is 16.8 Å². The summed E-state index contributed by atoms with van der Waals surface area (Å²) in [6.45, 7) is 1.83. The van der Waals surface area contributed by atoms with Crippen molar-refractivity contribution < 1.29 is 21.9 Å². The summed E-state index contributed by atoms with van der Waals surface area (Å²) in [5, 5.41) is 11.2. The maximum Gasteiger partial charge on any atom is 0.229 e. The predicted molar refractivity (Wildman–Crippen MR) is 101 cm³/mol. The molecule has 0 saturated heterocycles. The SMILES string of the molecule is Cc1ccc(S(=O)(=O)c2cc(NS(C)(=O)=O)c3ccccc3c2O)cc1. The number of anilines is 1. The van der Waals surface area contributed by atoms with E-state index in [2.05, 4.69) is 4.72 Å². The van der Waals surface area contributed by atoms with Gasteiger partial charge in [-0.1, -0.05) is 42.0 Å². The normalized spacial score (nSPS) is 12.2. The fourth-order valence-electron chi connectivity index (χ4n) is 2.67. The third kappa shape index (κ3) is 3.38. The Hall–Kier alpha value is -2.58. The largest absolute Gasteiger partial charge is 0.506 e. The van der Waals surface area contributed by atoms with Gasteiger partial charge in [-0.15, -0.1) is 0 Å². The number of phenolic OH excluding ortho intramolecular Hbond substituents is 1. The highest BCUT2D eigenvalue weighted by molar-refractivity contribution is 7.92. The van der Waals surface area contributed by atoms with Crippen LogP contribution in [0, 0.1) is 6.92 Å². The van der Waals surface area contributed by atoms with E-state index in [1.165, 1.54) is 18.2 Å². The van der Waals surface area contributed by atoms with E-state index in [1.54, 1.807) is 30.3 Å². The quantitative estimate of drug-likeness (QED) is 0.666. The van der Waals surface area contributed by atoms with Crippen molar-refractivity contribution in [2.24, 2.45) is 0 Å². The van der Waals surface area contributed by atoms with Crippen LogP contribution in [0.2, 0.25) is 0 Å². The van der Waals surface area contributed by atoms with Gasteiger partial charge in [-0.05, 0) is 25.1 Å². The van der Waals surface area contributed by atoms with E-state index in [-0.39, 0.29) is 20.9 Å². The van der Waals surface area contributed by atoms with Crippen molar-refractivity contribution in [2.75, 3.05) is 11.0 Å². The minimum absolute atomic E-state index is 0.0130. The monoisotopic (exact) mass is 391 g/mol. The highest BCUT2D eigenvalue weighted by atomic mass is 32.2. The Labute approximate surface area is 152 Å². The molecule has 2 N–H and O–H groups in total. The molecule has 0 aliphatic carbocycles. The molecular weight excluding hydrogens is 374 g/mol. The van der Waals surface area contributed by atoms with Crippen molar-refractivity contribution >= 4 is 36.3 Å². The van der Waals surface area contributed by atoms with Crippen LogP contribution >= 0.6 is 0 Å². The fraction of sp³-hybridized carbons (Fsp3) is 0.111. The van der Waals surface area contributed by atoms with Gasteiger partial charge in [-0.2, -0.15) is 0 Å². The zero-order chi connectivity index (χ0) is 19.1. The Morgan fingerprint density at radius 1 is 0.885 bits per heavy atom. The van der Waals surface area contributed by atoms with Crippen LogP contribution in [-0.4, -0.2) is 28.2 Å². The van der Waals surface area contributed by atoms with Gasteiger partial charge < -0.3 is 5.11 Å². The Morgan fingerprint density at radius 2 is 1.46 bits per heavy atom. The summed E-state index contributed by atoms with van der Waals surface area (Å²) in [7, 11) is -7.68. The molecule has 0 aliphatic heterocycles. The fourth-order valence-corrected chi connectivity index (χ4v) is 4.62. The number of benzene rings is 3. The number of rotatable bonds is 4.